The van der Waals surface area contributed by atoms with Crippen molar-refractivity contribution in [1.82, 2.24) is 0 Å². The van der Waals surface area contributed by atoms with E-state index in [-0.39, 0.29) is 6.61 Å². The minimum Gasteiger partial charge on any atom is -0.460 e. The maximum absolute atomic E-state index is 9.93. The Morgan fingerprint density at radius 2 is 2.23 bits per heavy atom. The smallest absolute Gasteiger partial charge is 0.293 e. The van der Waals surface area contributed by atoms with Crippen LogP contribution in [0.25, 0.3) is 11.0 Å². The van der Waals surface area contributed by atoms with Gasteiger partial charge in [0.25, 0.3) is 6.47 Å². The molecule has 0 radical (unpaired) electrons. The van der Waals surface area contributed by atoms with Gasteiger partial charge in [-0.25, -0.2) is 0 Å². The summed E-state index contributed by atoms with van der Waals surface area (Å²) >= 11 is 0. The molecule has 1 heterocycles. The van der Waals surface area contributed by atoms with Crippen LogP contribution in [0, 0.1) is 0 Å². The fourth-order valence-corrected chi connectivity index (χ4v) is 1.22. The third-order valence-electron chi connectivity index (χ3n) is 1.77. The molecule has 2 aromatic rings. The first-order chi connectivity index (χ1) is 6.40. The maximum Gasteiger partial charge on any atom is 0.293 e. The summed E-state index contributed by atoms with van der Waals surface area (Å²) in [6.07, 6.45) is 0. The van der Waals surface area contributed by atoms with Gasteiger partial charge in [-0.2, -0.15) is 0 Å². The van der Waals surface area contributed by atoms with Crippen LogP contribution in [0.1, 0.15) is 5.76 Å². The topological polar surface area (TPSA) is 39.4 Å². The number of carbonyl (C=O) groups excluding carboxylic acids is 1. The van der Waals surface area contributed by atoms with Crippen molar-refractivity contribution < 1.29 is 13.9 Å². The Labute approximate surface area is 74.9 Å². The summed E-state index contributed by atoms with van der Waals surface area (Å²) in [6.45, 7) is 0.603. The van der Waals surface area contributed by atoms with E-state index < -0.39 is 0 Å². The molecule has 3 heteroatoms. The zero-order valence-corrected chi connectivity index (χ0v) is 6.90. The first kappa shape index (κ1) is 7.86. The standard InChI is InChI=1S/C10H8O3/c11-7-12-6-9-5-8-3-1-2-4-10(8)13-9/h1-5,7H,6H2. The highest BCUT2D eigenvalue weighted by molar-refractivity contribution is 5.77. The minimum atomic E-state index is 0.193. The van der Waals surface area contributed by atoms with Gasteiger partial charge in [0, 0.05) is 5.39 Å². The van der Waals surface area contributed by atoms with Crippen LogP contribution in [-0.4, -0.2) is 6.47 Å². The number of hydrogen-bond acceptors (Lipinski definition) is 3. The first-order valence-electron chi connectivity index (χ1n) is 3.93. The van der Waals surface area contributed by atoms with E-state index in [1.165, 1.54) is 0 Å². The zero-order valence-electron chi connectivity index (χ0n) is 6.90. The normalized spacial score (nSPS) is 10.2. The fraction of sp³-hybridized carbons (Fsp3) is 0.100. The summed E-state index contributed by atoms with van der Waals surface area (Å²) < 4.78 is 9.96. The van der Waals surface area contributed by atoms with Gasteiger partial charge in [0.15, 0.2) is 0 Å². The average Bonchev–Trinajstić information content (AvgIpc) is 2.57. The molecular formula is C10H8O3. The lowest BCUT2D eigenvalue weighted by molar-refractivity contribution is -0.130. The molecule has 0 unspecified atom stereocenters. The number of rotatable bonds is 3. The van der Waals surface area contributed by atoms with Gasteiger partial charge in [-0.05, 0) is 12.1 Å². The van der Waals surface area contributed by atoms with Gasteiger partial charge in [0.2, 0.25) is 0 Å². The summed E-state index contributed by atoms with van der Waals surface area (Å²) in [5.41, 5.74) is 0.812. The lowest BCUT2D eigenvalue weighted by atomic mass is 10.2. The van der Waals surface area contributed by atoms with E-state index in [0.29, 0.717) is 12.2 Å². The number of fused-ring (bicyclic) bond motifs is 1. The molecule has 2 rings (SSSR count). The molecule has 0 spiro atoms. The van der Waals surface area contributed by atoms with Crippen LogP contribution in [0.15, 0.2) is 34.7 Å². The number of ether oxygens (including phenoxy) is 1. The summed E-state index contributed by atoms with van der Waals surface area (Å²) in [5.74, 6) is 0.660. The first-order valence-corrected chi connectivity index (χ1v) is 3.93. The van der Waals surface area contributed by atoms with Crippen molar-refractivity contribution in [3.63, 3.8) is 0 Å². The van der Waals surface area contributed by atoms with Gasteiger partial charge in [-0.15, -0.1) is 0 Å². The third-order valence-corrected chi connectivity index (χ3v) is 1.77. The molecule has 0 saturated carbocycles. The van der Waals surface area contributed by atoms with Crippen molar-refractivity contribution in [2.24, 2.45) is 0 Å². The second-order valence-corrected chi connectivity index (χ2v) is 2.66. The molecule has 0 N–H and O–H groups in total. The van der Waals surface area contributed by atoms with Gasteiger partial charge < -0.3 is 9.15 Å². The van der Waals surface area contributed by atoms with Gasteiger partial charge in [-0.3, -0.25) is 4.79 Å². The van der Waals surface area contributed by atoms with Crippen LogP contribution in [0.4, 0.5) is 0 Å². The van der Waals surface area contributed by atoms with E-state index in [1.54, 1.807) is 0 Å². The van der Waals surface area contributed by atoms with Gasteiger partial charge >= 0.3 is 0 Å². The molecule has 66 valence electrons. The highest BCUT2D eigenvalue weighted by Crippen LogP contribution is 2.18. The molecule has 13 heavy (non-hydrogen) atoms. The van der Waals surface area contributed by atoms with Gasteiger partial charge in [-0.1, -0.05) is 18.2 Å². The second kappa shape index (κ2) is 3.31. The van der Waals surface area contributed by atoms with E-state index in [1.807, 2.05) is 30.3 Å². The van der Waals surface area contributed by atoms with E-state index in [9.17, 15) is 4.79 Å². The van der Waals surface area contributed by atoms with Crippen LogP contribution in [0.3, 0.4) is 0 Å². The minimum absolute atomic E-state index is 0.193. The Morgan fingerprint density at radius 3 is 3.00 bits per heavy atom. The Kier molecular flexibility index (Phi) is 2.00. The largest absolute Gasteiger partial charge is 0.460 e. The Hall–Kier alpha value is -1.77. The number of para-hydroxylation sites is 1. The van der Waals surface area contributed by atoms with Crippen molar-refractivity contribution in [3.05, 3.63) is 36.1 Å². The van der Waals surface area contributed by atoms with Crippen molar-refractivity contribution in [3.8, 4) is 0 Å². The Balaban J connectivity index is 2.32. The van der Waals surface area contributed by atoms with Gasteiger partial charge in [0.05, 0.1) is 0 Å². The Morgan fingerprint density at radius 1 is 1.38 bits per heavy atom. The zero-order chi connectivity index (χ0) is 9.10. The van der Waals surface area contributed by atoms with Crippen molar-refractivity contribution >= 4 is 17.4 Å². The Bertz CT molecular complexity index is 384. The van der Waals surface area contributed by atoms with Crippen LogP contribution in [-0.2, 0) is 16.1 Å². The molecule has 1 aromatic carbocycles. The van der Waals surface area contributed by atoms with Crippen LogP contribution in [0.5, 0.6) is 0 Å². The molecule has 0 aliphatic rings. The summed E-state index contributed by atoms with van der Waals surface area (Å²) in [7, 11) is 0. The number of hydrogen-bond donors (Lipinski definition) is 0. The maximum atomic E-state index is 9.93. The molecule has 0 amide bonds. The predicted molar refractivity (Wildman–Crippen MR) is 47.1 cm³/mol. The molecular weight excluding hydrogens is 168 g/mol. The third kappa shape index (κ3) is 1.54. The molecule has 0 saturated heterocycles. The summed E-state index contributed by atoms with van der Waals surface area (Å²) in [6, 6.07) is 9.51. The highest BCUT2D eigenvalue weighted by atomic mass is 16.5. The second-order valence-electron chi connectivity index (χ2n) is 2.66. The van der Waals surface area contributed by atoms with Crippen LogP contribution < -0.4 is 0 Å². The molecule has 0 aliphatic heterocycles. The average molecular weight is 176 g/mol. The van der Waals surface area contributed by atoms with E-state index >= 15 is 0 Å². The molecule has 0 aliphatic carbocycles. The predicted octanol–water partition coefficient (Wildman–Crippen LogP) is 2.11. The number of carbonyl (C=O) groups is 1. The quantitative estimate of drug-likeness (QED) is 0.672. The van der Waals surface area contributed by atoms with Crippen molar-refractivity contribution in [2.75, 3.05) is 0 Å². The molecule has 0 fully saturated rings. The monoisotopic (exact) mass is 176 g/mol. The number of furan rings is 1. The highest BCUT2D eigenvalue weighted by Gasteiger charge is 2.01. The van der Waals surface area contributed by atoms with Crippen molar-refractivity contribution in [1.29, 1.82) is 0 Å². The molecule has 0 atom stereocenters. The van der Waals surface area contributed by atoms with Crippen LogP contribution in [0.2, 0.25) is 0 Å². The molecule has 0 bridgehead atoms. The molecule has 1 aromatic heterocycles. The van der Waals surface area contributed by atoms with Crippen molar-refractivity contribution in [2.45, 2.75) is 6.61 Å². The molecule has 3 nitrogen and oxygen atoms in total. The fourth-order valence-electron chi connectivity index (χ4n) is 1.22. The van der Waals surface area contributed by atoms with Gasteiger partial charge in [0.1, 0.15) is 18.0 Å². The summed E-state index contributed by atoms with van der Waals surface area (Å²) in [5, 5.41) is 1.02. The summed E-state index contributed by atoms with van der Waals surface area (Å²) in [4.78, 5) is 9.93. The number of benzene rings is 1. The van der Waals surface area contributed by atoms with E-state index in [2.05, 4.69) is 4.74 Å². The van der Waals surface area contributed by atoms with Crippen LogP contribution >= 0.6 is 0 Å². The lowest BCUT2D eigenvalue weighted by Gasteiger charge is -1.90. The SMILES string of the molecule is O=COCc1cc2ccccc2o1. The lowest BCUT2D eigenvalue weighted by Crippen LogP contribution is -1.85. The van der Waals surface area contributed by atoms with E-state index in [4.69, 9.17) is 4.42 Å². The van der Waals surface area contributed by atoms with E-state index in [0.717, 1.165) is 11.0 Å².